The first-order valence-electron chi connectivity index (χ1n) is 15.0. The van der Waals surface area contributed by atoms with Crippen LogP contribution in [0, 0.1) is 0 Å². The molecule has 9 nitrogen and oxygen atoms in total. The van der Waals surface area contributed by atoms with E-state index in [1.807, 2.05) is 84.9 Å². The summed E-state index contributed by atoms with van der Waals surface area (Å²) < 4.78 is 9.76. The molecule has 0 spiro atoms. The average Bonchev–Trinajstić information content (AvgIpc) is 3.72. The van der Waals surface area contributed by atoms with Gasteiger partial charge in [-0.1, -0.05) is 123 Å². The molecule has 0 radical (unpaired) electrons. The number of benzene rings is 4. The molecule has 0 bridgehead atoms. The molecule has 0 saturated carbocycles. The number of nitrogens with one attached hydrogen (secondary N) is 1. The lowest BCUT2D eigenvalue weighted by atomic mass is 9.98. The van der Waals surface area contributed by atoms with Gasteiger partial charge in [-0.05, 0) is 39.5 Å². The van der Waals surface area contributed by atoms with Crippen molar-refractivity contribution in [2.75, 3.05) is 0 Å². The topological polar surface area (TPSA) is 104 Å². The third kappa shape index (κ3) is 6.74. The van der Waals surface area contributed by atoms with Gasteiger partial charge in [-0.3, -0.25) is 4.57 Å². The minimum Gasteiger partial charge on any atom is -0.367 e. The molecule has 0 saturated heterocycles. The summed E-state index contributed by atoms with van der Waals surface area (Å²) in [7, 11) is 0. The van der Waals surface area contributed by atoms with Crippen LogP contribution in [0.4, 0.5) is 0 Å². The Morgan fingerprint density at radius 2 is 1.52 bits per heavy atom. The number of nitrogens with zero attached hydrogens (tertiary/aromatic N) is 6. The summed E-state index contributed by atoms with van der Waals surface area (Å²) >= 11 is 0. The van der Waals surface area contributed by atoms with Crippen LogP contribution in [0.25, 0.3) is 22.5 Å². The van der Waals surface area contributed by atoms with Crippen molar-refractivity contribution in [1.82, 2.24) is 35.0 Å². The van der Waals surface area contributed by atoms with Crippen LogP contribution < -0.4 is 5.69 Å². The monoisotopic (exact) mass is 585 g/mol. The van der Waals surface area contributed by atoms with E-state index >= 15 is 0 Å². The number of aromatic nitrogens is 7. The fourth-order valence-corrected chi connectivity index (χ4v) is 5.31. The molecule has 222 valence electrons. The SMILES string of the molecule is CCCCc1nn(CC(OCc2ccccc2)c2ccccc2)c(=O)n1Cc1ccc(-c2ccccc2-c2nn[nH]n2)cc1. The van der Waals surface area contributed by atoms with Crippen molar-refractivity contribution in [3.05, 3.63) is 142 Å². The van der Waals surface area contributed by atoms with E-state index in [0.717, 1.165) is 58.5 Å². The number of tetrazole rings is 1. The minimum atomic E-state index is -0.324. The second kappa shape index (κ2) is 13.9. The normalized spacial score (nSPS) is 11.9. The maximum atomic E-state index is 13.8. The smallest absolute Gasteiger partial charge is 0.346 e. The van der Waals surface area contributed by atoms with Gasteiger partial charge in [0.15, 0.2) is 0 Å². The minimum absolute atomic E-state index is 0.133. The summed E-state index contributed by atoms with van der Waals surface area (Å²) in [5.74, 6) is 1.34. The van der Waals surface area contributed by atoms with Gasteiger partial charge < -0.3 is 4.74 Å². The summed E-state index contributed by atoms with van der Waals surface area (Å²) in [6.07, 6.45) is 2.38. The lowest BCUT2D eigenvalue weighted by Crippen LogP contribution is -2.28. The van der Waals surface area contributed by atoms with Crippen molar-refractivity contribution >= 4 is 0 Å². The van der Waals surface area contributed by atoms with E-state index in [1.54, 1.807) is 9.25 Å². The number of H-pyrrole nitrogens is 1. The van der Waals surface area contributed by atoms with Crippen molar-refractivity contribution < 1.29 is 4.74 Å². The van der Waals surface area contributed by atoms with Crippen LogP contribution in [0.2, 0.25) is 0 Å². The van der Waals surface area contributed by atoms with Crippen molar-refractivity contribution in [3.8, 4) is 22.5 Å². The standard InChI is InChI=1S/C35H35N7O2/c1-2-3-18-33-38-42(24-32(29-14-8-5-9-15-29)44-25-27-12-6-4-7-13-27)35(43)41(33)23-26-19-21-28(22-20-26)30-16-10-11-17-31(30)34-36-39-40-37-34/h4-17,19-22,32H,2-3,18,23-25H2,1H3,(H,36,37,39,40). The molecule has 6 aromatic rings. The van der Waals surface area contributed by atoms with Gasteiger partial charge in [-0.2, -0.15) is 10.3 Å². The third-order valence-electron chi connectivity index (χ3n) is 7.68. The molecule has 1 N–H and O–H groups in total. The fourth-order valence-electron chi connectivity index (χ4n) is 5.31. The summed E-state index contributed by atoms with van der Waals surface area (Å²) in [5, 5.41) is 19.4. The molecule has 4 aromatic carbocycles. The molecule has 0 aliphatic carbocycles. The number of aromatic amines is 1. The number of hydrogen-bond acceptors (Lipinski definition) is 6. The first-order chi connectivity index (χ1) is 21.7. The fraction of sp³-hybridized carbons (Fsp3) is 0.229. The molecule has 2 heterocycles. The lowest BCUT2D eigenvalue weighted by molar-refractivity contribution is 0.0248. The van der Waals surface area contributed by atoms with Crippen LogP contribution in [0.15, 0.2) is 114 Å². The Labute approximate surface area is 256 Å². The molecule has 44 heavy (non-hydrogen) atoms. The van der Waals surface area contributed by atoms with Crippen LogP contribution in [-0.2, 0) is 30.9 Å². The number of hydrogen-bond donors (Lipinski definition) is 1. The number of unbranched alkanes of at least 4 members (excludes halogenated alkanes) is 1. The summed E-state index contributed by atoms with van der Waals surface area (Å²) in [5.41, 5.74) is 5.92. The van der Waals surface area contributed by atoms with Crippen molar-refractivity contribution in [2.24, 2.45) is 0 Å². The zero-order valence-corrected chi connectivity index (χ0v) is 24.7. The highest BCUT2D eigenvalue weighted by Crippen LogP contribution is 2.30. The predicted molar refractivity (Wildman–Crippen MR) is 170 cm³/mol. The number of ether oxygens (including phenoxy) is 1. The highest BCUT2D eigenvalue weighted by molar-refractivity contribution is 5.80. The zero-order valence-electron chi connectivity index (χ0n) is 24.7. The highest BCUT2D eigenvalue weighted by atomic mass is 16.5. The van der Waals surface area contributed by atoms with Gasteiger partial charge in [0.05, 0.1) is 19.7 Å². The molecule has 0 aliphatic rings. The van der Waals surface area contributed by atoms with Crippen LogP contribution in [0.3, 0.4) is 0 Å². The summed E-state index contributed by atoms with van der Waals surface area (Å²) in [4.78, 5) is 13.8. The first kappa shape index (κ1) is 28.9. The van der Waals surface area contributed by atoms with Gasteiger partial charge in [0.1, 0.15) is 11.9 Å². The molecular weight excluding hydrogens is 550 g/mol. The summed E-state index contributed by atoms with van der Waals surface area (Å²) in [6.45, 7) is 3.35. The van der Waals surface area contributed by atoms with Gasteiger partial charge in [0.25, 0.3) is 0 Å². The molecule has 1 unspecified atom stereocenters. The molecule has 0 aliphatic heterocycles. The molecule has 0 fully saturated rings. The van der Waals surface area contributed by atoms with Gasteiger partial charge in [0.2, 0.25) is 5.82 Å². The largest absolute Gasteiger partial charge is 0.367 e. The molecule has 6 rings (SSSR count). The van der Waals surface area contributed by atoms with Crippen LogP contribution in [0.5, 0.6) is 0 Å². The maximum Gasteiger partial charge on any atom is 0.346 e. The summed E-state index contributed by atoms with van der Waals surface area (Å²) in [6, 6.07) is 36.4. The van der Waals surface area contributed by atoms with Gasteiger partial charge in [0, 0.05) is 12.0 Å². The van der Waals surface area contributed by atoms with E-state index in [-0.39, 0.29) is 11.8 Å². The molecule has 0 amide bonds. The van der Waals surface area contributed by atoms with Crippen LogP contribution >= 0.6 is 0 Å². The second-order valence-electron chi connectivity index (χ2n) is 10.7. The Kier molecular flexibility index (Phi) is 9.13. The Balaban J connectivity index is 1.26. The average molecular weight is 586 g/mol. The Hall–Kier alpha value is -5.15. The van der Waals surface area contributed by atoms with Crippen LogP contribution in [0.1, 0.15) is 48.4 Å². The van der Waals surface area contributed by atoms with Crippen molar-refractivity contribution in [3.63, 3.8) is 0 Å². The Bertz CT molecular complexity index is 1810. The zero-order chi connectivity index (χ0) is 30.1. The van der Waals surface area contributed by atoms with Crippen molar-refractivity contribution in [1.29, 1.82) is 0 Å². The Morgan fingerprint density at radius 1 is 0.818 bits per heavy atom. The van der Waals surface area contributed by atoms with E-state index in [2.05, 4.69) is 51.8 Å². The van der Waals surface area contributed by atoms with Gasteiger partial charge in [-0.15, -0.1) is 10.2 Å². The van der Waals surface area contributed by atoms with Crippen LogP contribution in [-0.4, -0.2) is 35.0 Å². The van der Waals surface area contributed by atoms with E-state index in [0.29, 0.717) is 25.5 Å². The lowest BCUT2D eigenvalue weighted by Gasteiger charge is -2.18. The molecular formula is C35H35N7O2. The van der Waals surface area contributed by atoms with E-state index in [4.69, 9.17) is 9.84 Å². The highest BCUT2D eigenvalue weighted by Gasteiger charge is 2.20. The Morgan fingerprint density at radius 3 is 2.23 bits per heavy atom. The predicted octanol–water partition coefficient (Wildman–Crippen LogP) is 6.24. The van der Waals surface area contributed by atoms with E-state index < -0.39 is 0 Å². The van der Waals surface area contributed by atoms with E-state index in [9.17, 15) is 4.79 Å². The first-order valence-corrected chi connectivity index (χ1v) is 15.0. The number of aryl methyl sites for hydroxylation is 1. The number of rotatable bonds is 13. The quantitative estimate of drug-likeness (QED) is 0.172. The van der Waals surface area contributed by atoms with Crippen molar-refractivity contribution in [2.45, 2.75) is 52.0 Å². The maximum absolute atomic E-state index is 13.8. The van der Waals surface area contributed by atoms with Gasteiger partial charge in [-0.25, -0.2) is 9.48 Å². The van der Waals surface area contributed by atoms with Gasteiger partial charge >= 0.3 is 5.69 Å². The molecule has 9 heteroatoms. The second-order valence-corrected chi connectivity index (χ2v) is 10.7. The molecule has 1 atom stereocenters. The van der Waals surface area contributed by atoms with E-state index in [1.165, 1.54) is 0 Å². The third-order valence-corrected chi connectivity index (χ3v) is 7.68. The molecule has 2 aromatic heterocycles.